The number of hydrogen-bond donors (Lipinski definition) is 2. The highest BCUT2D eigenvalue weighted by molar-refractivity contribution is 5.92. The first-order valence-electron chi connectivity index (χ1n) is 5.71. The number of nitrogens with two attached hydrogens (primary N) is 1. The first kappa shape index (κ1) is 11.1. The van der Waals surface area contributed by atoms with Crippen LogP contribution in [0.5, 0.6) is 0 Å². The number of likely N-dealkylation sites (tertiary alicyclic amines) is 1. The van der Waals surface area contributed by atoms with E-state index in [1.807, 2.05) is 4.90 Å². The number of amides is 1. The van der Waals surface area contributed by atoms with Gasteiger partial charge < -0.3 is 15.6 Å². The summed E-state index contributed by atoms with van der Waals surface area (Å²) in [5, 5.41) is 0. The Labute approximate surface area is 95.0 Å². The third-order valence-corrected chi connectivity index (χ3v) is 3.30. The lowest BCUT2D eigenvalue weighted by Gasteiger charge is -2.37. The lowest BCUT2D eigenvalue weighted by Crippen LogP contribution is -2.47. The van der Waals surface area contributed by atoms with Crippen LogP contribution in [-0.2, 0) is 0 Å². The van der Waals surface area contributed by atoms with Gasteiger partial charge in [-0.2, -0.15) is 0 Å². The number of aromatic nitrogens is 2. The zero-order valence-electron chi connectivity index (χ0n) is 9.52. The third-order valence-electron chi connectivity index (χ3n) is 3.30. The number of H-pyrrole nitrogens is 1. The molecule has 1 aliphatic rings. The van der Waals surface area contributed by atoms with E-state index in [2.05, 4.69) is 16.9 Å². The summed E-state index contributed by atoms with van der Waals surface area (Å²) in [6.45, 7) is 3.50. The van der Waals surface area contributed by atoms with Crippen molar-refractivity contribution in [3.05, 3.63) is 18.2 Å². The van der Waals surface area contributed by atoms with Crippen LogP contribution < -0.4 is 5.73 Å². The molecule has 1 fully saturated rings. The average molecular weight is 222 g/mol. The smallest absolute Gasteiger partial charge is 0.272 e. The maximum absolute atomic E-state index is 12.1. The summed E-state index contributed by atoms with van der Waals surface area (Å²) in [4.78, 5) is 20.8. The molecule has 1 aromatic rings. The number of piperidine rings is 1. The van der Waals surface area contributed by atoms with Crippen LogP contribution in [0.25, 0.3) is 0 Å². The normalized spacial score (nSPS) is 25.8. The summed E-state index contributed by atoms with van der Waals surface area (Å²) < 4.78 is 0. The average Bonchev–Trinajstić information content (AvgIpc) is 2.82. The minimum absolute atomic E-state index is 0.0307. The molecule has 1 amide bonds. The Bertz CT molecular complexity index is 349. The third kappa shape index (κ3) is 2.09. The van der Waals surface area contributed by atoms with E-state index in [1.54, 1.807) is 6.20 Å². The molecule has 0 aliphatic carbocycles. The van der Waals surface area contributed by atoms with E-state index in [4.69, 9.17) is 5.73 Å². The van der Waals surface area contributed by atoms with E-state index in [-0.39, 0.29) is 5.91 Å². The van der Waals surface area contributed by atoms with Crippen LogP contribution in [0.3, 0.4) is 0 Å². The number of imidazole rings is 1. The van der Waals surface area contributed by atoms with Crippen LogP contribution in [0.15, 0.2) is 12.5 Å². The molecule has 1 aromatic heterocycles. The number of carbonyl (C=O) groups excluding carboxylic acids is 1. The molecule has 88 valence electrons. The summed E-state index contributed by atoms with van der Waals surface area (Å²) in [6, 6.07) is 0.290. The molecular formula is C11H18N4O. The molecule has 2 atom stereocenters. The lowest BCUT2D eigenvalue weighted by atomic mass is 9.93. The van der Waals surface area contributed by atoms with Crippen molar-refractivity contribution in [1.82, 2.24) is 14.9 Å². The van der Waals surface area contributed by atoms with Crippen molar-refractivity contribution < 1.29 is 4.79 Å². The Hall–Kier alpha value is -1.36. The fourth-order valence-corrected chi connectivity index (χ4v) is 2.19. The fourth-order valence-electron chi connectivity index (χ4n) is 2.19. The Balaban J connectivity index is 2.09. The monoisotopic (exact) mass is 222 g/mol. The lowest BCUT2D eigenvalue weighted by molar-refractivity contribution is 0.0561. The van der Waals surface area contributed by atoms with E-state index in [9.17, 15) is 4.79 Å². The summed E-state index contributed by atoms with van der Waals surface area (Å²) >= 11 is 0. The number of rotatable bonds is 2. The van der Waals surface area contributed by atoms with Gasteiger partial charge in [0.15, 0.2) is 0 Å². The Morgan fingerprint density at radius 1 is 1.69 bits per heavy atom. The second-order valence-corrected chi connectivity index (χ2v) is 4.45. The van der Waals surface area contributed by atoms with Crippen LogP contribution in [0.2, 0.25) is 0 Å². The van der Waals surface area contributed by atoms with Gasteiger partial charge in [-0.05, 0) is 32.2 Å². The zero-order chi connectivity index (χ0) is 11.5. The molecule has 5 heteroatoms. The van der Waals surface area contributed by atoms with Crippen molar-refractivity contribution in [1.29, 1.82) is 0 Å². The quantitative estimate of drug-likeness (QED) is 0.769. The second-order valence-electron chi connectivity index (χ2n) is 4.45. The van der Waals surface area contributed by atoms with Crippen molar-refractivity contribution in [2.75, 3.05) is 13.1 Å². The predicted octanol–water partition coefficient (Wildman–Crippen LogP) is 0.609. The first-order valence-corrected chi connectivity index (χ1v) is 5.71. The van der Waals surface area contributed by atoms with Gasteiger partial charge in [-0.3, -0.25) is 4.79 Å². The minimum Gasteiger partial charge on any atom is -0.341 e. The van der Waals surface area contributed by atoms with Gasteiger partial charge >= 0.3 is 0 Å². The summed E-state index contributed by atoms with van der Waals surface area (Å²) in [7, 11) is 0. The molecule has 0 radical (unpaired) electrons. The van der Waals surface area contributed by atoms with Gasteiger partial charge in [-0.25, -0.2) is 4.98 Å². The van der Waals surface area contributed by atoms with Gasteiger partial charge in [-0.1, -0.05) is 0 Å². The van der Waals surface area contributed by atoms with E-state index in [0.29, 0.717) is 24.2 Å². The van der Waals surface area contributed by atoms with Crippen LogP contribution in [0.1, 0.15) is 30.3 Å². The van der Waals surface area contributed by atoms with Crippen LogP contribution in [0, 0.1) is 5.92 Å². The van der Waals surface area contributed by atoms with Gasteiger partial charge in [-0.15, -0.1) is 0 Å². The molecule has 0 saturated carbocycles. The molecule has 0 bridgehead atoms. The van der Waals surface area contributed by atoms with Gasteiger partial charge in [0.2, 0.25) is 0 Å². The topological polar surface area (TPSA) is 75.0 Å². The highest BCUT2D eigenvalue weighted by Gasteiger charge is 2.29. The summed E-state index contributed by atoms with van der Waals surface area (Å²) in [5.41, 5.74) is 6.23. The zero-order valence-corrected chi connectivity index (χ0v) is 9.52. The first-order chi connectivity index (χ1) is 7.72. The number of aromatic amines is 1. The largest absolute Gasteiger partial charge is 0.341 e. The van der Waals surface area contributed by atoms with Crippen molar-refractivity contribution in [2.45, 2.75) is 25.8 Å². The molecule has 3 N–H and O–H groups in total. The van der Waals surface area contributed by atoms with Gasteiger partial charge in [0.05, 0.1) is 12.5 Å². The number of nitrogens with one attached hydrogen (secondary N) is 1. The molecule has 2 heterocycles. The standard InChI is InChI=1S/C11H18N4O/c1-8-2-3-9(4-12)6-15(8)11(16)10-5-13-7-14-10/h5,7-9H,2-4,6,12H2,1H3,(H,13,14). The SMILES string of the molecule is CC1CCC(CN)CN1C(=O)c1cnc[nH]1. The van der Waals surface area contributed by atoms with Crippen molar-refractivity contribution in [3.63, 3.8) is 0 Å². The van der Waals surface area contributed by atoms with Crippen molar-refractivity contribution in [3.8, 4) is 0 Å². The molecule has 1 saturated heterocycles. The second kappa shape index (κ2) is 4.65. The molecule has 5 nitrogen and oxygen atoms in total. The van der Waals surface area contributed by atoms with Crippen molar-refractivity contribution in [2.24, 2.45) is 11.7 Å². The van der Waals surface area contributed by atoms with Gasteiger partial charge in [0.25, 0.3) is 5.91 Å². The maximum Gasteiger partial charge on any atom is 0.272 e. The minimum atomic E-state index is 0.0307. The predicted molar refractivity (Wildman–Crippen MR) is 60.9 cm³/mol. The highest BCUT2D eigenvalue weighted by Crippen LogP contribution is 2.22. The number of carbonyl (C=O) groups is 1. The molecule has 0 aromatic carbocycles. The highest BCUT2D eigenvalue weighted by atomic mass is 16.2. The molecule has 0 spiro atoms. The summed E-state index contributed by atoms with van der Waals surface area (Å²) in [5.74, 6) is 0.464. The maximum atomic E-state index is 12.1. The molecule has 2 rings (SSSR count). The van der Waals surface area contributed by atoms with E-state index in [0.717, 1.165) is 19.4 Å². The Kier molecular flexibility index (Phi) is 3.24. The molecule has 2 unspecified atom stereocenters. The van der Waals surface area contributed by atoms with E-state index >= 15 is 0 Å². The number of nitrogens with zero attached hydrogens (tertiary/aromatic N) is 2. The Morgan fingerprint density at radius 2 is 2.50 bits per heavy atom. The molecule has 16 heavy (non-hydrogen) atoms. The van der Waals surface area contributed by atoms with Crippen LogP contribution in [0.4, 0.5) is 0 Å². The Morgan fingerprint density at radius 3 is 3.12 bits per heavy atom. The van der Waals surface area contributed by atoms with Crippen molar-refractivity contribution >= 4 is 5.91 Å². The van der Waals surface area contributed by atoms with E-state index in [1.165, 1.54) is 6.33 Å². The summed E-state index contributed by atoms with van der Waals surface area (Å²) in [6.07, 6.45) is 5.25. The van der Waals surface area contributed by atoms with Gasteiger partial charge in [0.1, 0.15) is 5.69 Å². The van der Waals surface area contributed by atoms with Crippen LogP contribution in [-0.4, -0.2) is 39.9 Å². The van der Waals surface area contributed by atoms with E-state index < -0.39 is 0 Å². The van der Waals surface area contributed by atoms with Gasteiger partial charge in [0, 0.05) is 12.6 Å². The number of hydrogen-bond acceptors (Lipinski definition) is 3. The fraction of sp³-hybridized carbons (Fsp3) is 0.636. The van der Waals surface area contributed by atoms with Crippen LogP contribution >= 0.6 is 0 Å². The molecule has 1 aliphatic heterocycles. The molecular weight excluding hydrogens is 204 g/mol.